The van der Waals surface area contributed by atoms with Gasteiger partial charge in [0.2, 0.25) is 0 Å². The summed E-state index contributed by atoms with van der Waals surface area (Å²) in [5.74, 6) is 1.16. The largest absolute Gasteiger partial charge is 0.370 e. The molecule has 2 rings (SSSR count). The van der Waals surface area contributed by atoms with Crippen molar-refractivity contribution in [2.75, 3.05) is 18.4 Å². The standard InChI is InChI=1S/C18H22ClN3O/c1-13(2)12-22-17-11-15(8-10-20-17)18(23)21-9-7-14-3-5-16(19)6-4-14/h3-6,8,10-11,13H,7,9,12H2,1-2H3,(H,20,22)(H,21,23). The van der Waals surface area contributed by atoms with Gasteiger partial charge >= 0.3 is 0 Å². The molecule has 23 heavy (non-hydrogen) atoms. The highest BCUT2D eigenvalue weighted by Crippen LogP contribution is 2.10. The Labute approximate surface area is 142 Å². The number of rotatable bonds is 7. The summed E-state index contributed by atoms with van der Waals surface area (Å²) in [7, 11) is 0. The number of carbonyl (C=O) groups is 1. The lowest BCUT2D eigenvalue weighted by molar-refractivity contribution is 0.0954. The van der Waals surface area contributed by atoms with Crippen LogP contribution in [0.2, 0.25) is 5.02 Å². The Balaban J connectivity index is 1.85. The van der Waals surface area contributed by atoms with E-state index in [0.717, 1.165) is 29.4 Å². The summed E-state index contributed by atoms with van der Waals surface area (Å²) in [6.45, 7) is 5.66. The van der Waals surface area contributed by atoms with Crippen LogP contribution in [0.15, 0.2) is 42.6 Å². The van der Waals surface area contributed by atoms with Gasteiger partial charge < -0.3 is 10.6 Å². The van der Waals surface area contributed by atoms with E-state index in [0.29, 0.717) is 18.0 Å². The minimum Gasteiger partial charge on any atom is -0.370 e. The number of aromatic nitrogens is 1. The Morgan fingerprint density at radius 3 is 2.65 bits per heavy atom. The van der Waals surface area contributed by atoms with E-state index >= 15 is 0 Å². The molecule has 0 aliphatic carbocycles. The summed E-state index contributed by atoms with van der Waals surface area (Å²) >= 11 is 5.85. The lowest BCUT2D eigenvalue weighted by Gasteiger charge is -2.10. The summed E-state index contributed by atoms with van der Waals surface area (Å²) in [5.41, 5.74) is 1.76. The number of benzene rings is 1. The summed E-state index contributed by atoms with van der Waals surface area (Å²) in [6, 6.07) is 11.1. The van der Waals surface area contributed by atoms with Gasteiger partial charge in [-0.1, -0.05) is 37.6 Å². The van der Waals surface area contributed by atoms with Crippen LogP contribution in [0, 0.1) is 5.92 Å². The van der Waals surface area contributed by atoms with Crippen LogP contribution in [0.1, 0.15) is 29.8 Å². The first-order valence-corrected chi connectivity index (χ1v) is 8.15. The van der Waals surface area contributed by atoms with E-state index in [4.69, 9.17) is 11.6 Å². The molecule has 2 N–H and O–H groups in total. The van der Waals surface area contributed by atoms with Crippen LogP contribution in [0.5, 0.6) is 0 Å². The molecule has 0 atom stereocenters. The third-order valence-electron chi connectivity index (χ3n) is 3.33. The molecule has 0 spiro atoms. The summed E-state index contributed by atoms with van der Waals surface area (Å²) in [6.07, 6.45) is 2.42. The first kappa shape index (κ1) is 17.3. The van der Waals surface area contributed by atoms with Gasteiger partial charge in [0.05, 0.1) is 0 Å². The highest BCUT2D eigenvalue weighted by molar-refractivity contribution is 6.30. The lowest BCUT2D eigenvalue weighted by Crippen LogP contribution is -2.25. The molecule has 1 aromatic carbocycles. The second kappa shape index (κ2) is 8.53. The predicted octanol–water partition coefficient (Wildman–Crippen LogP) is 3.78. The van der Waals surface area contributed by atoms with E-state index in [-0.39, 0.29) is 5.91 Å². The Bertz CT molecular complexity index is 641. The number of nitrogens with one attached hydrogen (secondary N) is 2. The third-order valence-corrected chi connectivity index (χ3v) is 3.58. The Morgan fingerprint density at radius 1 is 1.22 bits per heavy atom. The number of hydrogen-bond donors (Lipinski definition) is 2. The number of nitrogens with zero attached hydrogens (tertiary/aromatic N) is 1. The molecule has 2 aromatic rings. The molecular weight excluding hydrogens is 310 g/mol. The average molecular weight is 332 g/mol. The summed E-state index contributed by atoms with van der Waals surface area (Å²) < 4.78 is 0. The number of amides is 1. The zero-order chi connectivity index (χ0) is 16.7. The van der Waals surface area contributed by atoms with Crippen molar-refractivity contribution in [1.29, 1.82) is 0 Å². The fourth-order valence-corrected chi connectivity index (χ4v) is 2.18. The highest BCUT2D eigenvalue weighted by atomic mass is 35.5. The molecule has 1 amide bonds. The zero-order valence-corrected chi connectivity index (χ0v) is 14.2. The maximum absolute atomic E-state index is 12.2. The lowest BCUT2D eigenvalue weighted by atomic mass is 10.1. The number of hydrogen-bond acceptors (Lipinski definition) is 3. The maximum atomic E-state index is 12.2. The molecule has 1 heterocycles. The monoisotopic (exact) mass is 331 g/mol. The van der Waals surface area contributed by atoms with Crippen LogP contribution >= 0.6 is 11.6 Å². The Hall–Kier alpha value is -2.07. The van der Waals surface area contributed by atoms with Crippen LogP contribution in [0.3, 0.4) is 0 Å². The van der Waals surface area contributed by atoms with E-state index < -0.39 is 0 Å². The van der Waals surface area contributed by atoms with Gasteiger partial charge in [-0.3, -0.25) is 4.79 Å². The van der Waals surface area contributed by atoms with Crippen molar-refractivity contribution < 1.29 is 4.79 Å². The molecule has 1 aromatic heterocycles. The quantitative estimate of drug-likeness (QED) is 0.812. The van der Waals surface area contributed by atoms with Crippen molar-refractivity contribution >= 4 is 23.3 Å². The molecular formula is C18H22ClN3O. The molecule has 4 nitrogen and oxygen atoms in total. The number of carbonyl (C=O) groups excluding carboxylic acids is 1. The van der Waals surface area contributed by atoms with Crippen LogP contribution in [-0.4, -0.2) is 24.0 Å². The third kappa shape index (κ3) is 5.91. The topological polar surface area (TPSA) is 54.0 Å². The van der Waals surface area contributed by atoms with E-state index in [1.807, 2.05) is 24.3 Å². The zero-order valence-electron chi connectivity index (χ0n) is 13.5. The van der Waals surface area contributed by atoms with E-state index in [2.05, 4.69) is 29.5 Å². The second-order valence-corrected chi connectivity index (χ2v) is 6.27. The van der Waals surface area contributed by atoms with Gasteiger partial charge in [-0.05, 0) is 42.2 Å². The minimum absolute atomic E-state index is 0.0889. The van der Waals surface area contributed by atoms with Crippen molar-refractivity contribution in [2.24, 2.45) is 5.92 Å². The van der Waals surface area contributed by atoms with Crippen LogP contribution in [-0.2, 0) is 6.42 Å². The predicted molar refractivity (Wildman–Crippen MR) is 95.1 cm³/mol. The normalized spacial score (nSPS) is 10.6. The van der Waals surface area contributed by atoms with Gasteiger partial charge in [0.15, 0.2) is 0 Å². The summed E-state index contributed by atoms with van der Waals surface area (Å²) in [4.78, 5) is 16.4. The molecule has 0 unspecified atom stereocenters. The van der Waals surface area contributed by atoms with Gasteiger partial charge in [0, 0.05) is 29.9 Å². The Kier molecular flexibility index (Phi) is 6.41. The van der Waals surface area contributed by atoms with Gasteiger partial charge in [-0.25, -0.2) is 4.98 Å². The molecule has 5 heteroatoms. The summed E-state index contributed by atoms with van der Waals surface area (Å²) in [5, 5.41) is 6.87. The van der Waals surface area contributed by atoms with E-state index in [9.17, 15) is 4.79 Å². The first-order valence-electron chi connectivity index (χ1n) is 7.77. The van der Waals surface area contributed by atoms with Crippen molar-refractivity contribution in [2.45, 2.75) is 20.3 Å². The van der Waals surface area contributed by atoms with Gasteiger partial charge in [0.1, 0.15) is 5.82 Å². The number of halogens is 1. The molecule has 0 bridgehead atoms. The highest BCUT2D eigenvalue weighted by Gasteiger charge is 2.07. The number of anilines is 1. The van der Waals surface area contributed by atoms with Crippen molar-refractivity contribution in [3.05, 3.63) is 58.7 Å². The molecule has 122 valence electrons. The first-order chi connectivity index (χ1) is 11.0. The molecule has 0 radical (unpaired) electrons. The minimum atomic E-state index is -0.0889. The van der Waals surface area contributed by atoms with Gasteiger partial charge in [-0.2, -0.15) is 0 Å². The molecule has 0 saturated heterocycles. The van der Waals surface area contributed by atoms with Crippen LogP contribution in [0.4, 0.5) is 5.82 Å². The van der Waals surface area contributed by atoms with E-state index in [1.165, 1.54) is 0 Å². The molecule has 0 saturated carbocycles. The van der Waals surface area contributed by atoms with Crippen LogP contribution in [0.25, 0.3) is 0 Å². The van der Waals surface area contributed by atoms with Gasteiger partial charge in [-0.15, -0.1) is 0 Å². The maximum Gasteiger partial charge on any atom is 0.251 e. The van der Waals surface area contributed by atoms with Crippen LogP contribution < -0.4 is 10.6 Å². The fraction of sp³-hybridized carbons (Fsp3) is 0.333. The van der Waals surface area contributed by atoms with E-state index in [1.54, 1.807) is 18.3 Å². The molecule has 0 fully saturated rings. The molecule has 0 aliphatic rings. The smallest absolute Gasteiger partial charge is 0.251 e. The fourth-order valence-electron chi connectivity index (χ4n) is 2.05. The van der Waals surface area contributed by atoms with Gasteiger partial charge in [0.25, 0.3) is 5.91 Å². The number of pyridine rings is 1. The average Bonchev–Trinajstić information content (AvgIpc) is 2.55. The van der Waals surface area contributed by atoms with Crippen molar-refractivity contribution in [3.63, 3.8) is 0 Å². The second-order valence-electron chi connectivity index (χ2n) is 5.84. The SMILES string of the molecule is CC(C)CNc1cc(C(=O)NCCc2ccc(Cl)cc2)ccn1. The Morgan fingerprint density at radius 2 is 1.96 bits per heavy atom. The van der Waals surface area contributed by atoms with Crippen molar-refractivity contribution in [3.8, 4) is 0 Å². The molecule has 0 aliphatic heterocycles. The van der Waals surface area contributed by atoms with Crippen molar-refractivity contribution in [1.82, 2.24) is 10.3 Å².